The molecule has 86 valence electrons. The molecule has 3 N–H and O–H groups in total. The van der Waals surface area contributed by atoms with Crippen LogP contribution in [0.25, 0.3) is 0 Å². The third-order valence-corrected chi connectivity index (χ3v) is 2.45. The predicted octanol–water partition coefficient (Wildman–Crippen LogP) is 1.20. The van der Waals surface area contributed by atoms with Gasteiger partial charge in [0.25, 0.3) is 0 Å². The van der Waals surface area contributed by atoms with Crippen LogP contribution in [0.4, 0.5) is 5.13 Å². The number of carbonyl (C=O) groups is 1. The average molecular weight is 251 g/mol. The summed E-state index contributed by atoms with van der Waals surface area (Å²) in [4.78, 5) is 11.1. The highest BCUT2D eigenvalue weighted by atomic mass is 35.5. The molecule has 0 fully saturated rings. The summed E-state index contributed by atoms with van der Waals surface area (Å²) in [6, 6.07) is 0. The normalized spacial score (nSPS) is 9.47. The summed E-state index contributed by atoms with van der Waals surface area (Å²) in [5.41, 5.74) is 5.24. The Balaban J connectivity index is 0.00000196. The number of hydrogen-bond acceptors (Lipinski definition) is 5. The van der Waals surface area contributed by atoms with Gasteiger partial charge in [0.2, 0.25) is 11.0 Å². The van der Waals surface area contributed by atoms with Gasteiger partial charge >= 0.3 is 0 Å². The second-order valence-electron chi connectivity index (χ2n) is 2.84. The van der Waals surface area contributed by atoms with Crippen molar-refractivity contribution in [2.75, 3.05) is 11.9 Å². The summed E-state index contributed by atoms with van der Waals surface area (Å²) in [6.07, 6.45) is 2.26. The number of halogens is 1. The lowest BCUT2D eigenvalue weighted by molar-refractivity contribution is -0.116. The van der Waals surface area contributed by atoms with E-state index >= 15 is 0 Å². The first-order valence-corrected chi connectivity index (χ1v) is 5.40. The molecular formula is C8H15ClN4OS. The third-order valence-electron chi connectivity index (χ3n) is 1.55. The summed E-state index contributed by atoms with van der Waals surface area (Å²) in [5, 5.41) is 12.0. The molecule has 0 atom stereocenters. The average Bonchev–Trinajstić information content (AvgIpc) is 2.53. The number of nitrogens with zero attached hydrogens (tertiary/aromatic N) is 2. The molecule has 1 aromatic rings. The lowest BCUT2D eigenvalue weighted by atomic mass is 10.4. The smallest absolute Gasteiger partial charge is 0.227 e. The first-order chi connectivity index (χ1) is 6.76. The molecule has 1 aromatic heterocycles. The Morgan fingerprint density at radius 1 is 1.53 bits per heavy atom. The predicted molar refractivity (Wildman–Crippen MR) is 63.5 cm³/mol. The van der Waals surface area contributed by atoms with Crippen LogP contribution < -0.4 is 11.1 Å². The molecule has 0 aliphatic heterocycles. The number of rotatable bonds is 5. The van der Waals surface area contributed by atoms with E-state index in [2.05, 4.69) is 22.4 Å². The summed E-state index contributed by atoms with van der Waals surface area (Å²) in [5.74, 6) is -0.105. The number of hydrogen-bond donors (Lipinski definition) is 2. The summed E-state index contributed by atoms with van der Waals surface area (Å²) >= 11 is 1.42. The molecule has 15 heavy (non-hydrogen) atoms. The van der Waals surface area contributed by atoms with Crippen molar-refractivity contribution in [1.29, 1.82) is 0 Å². The van der Waals surface area contributed by atoms with E-state index in [1.807, 2.05) is 0 Å². The fourth-order valence-corrected chi connectivity index (χ4v) is 1.79. The van der Waals surface area contributed by atoms with Crippen LogP contribution in [-0.2, 0) is 11.2 Å². The zero-order chi connectivity index (χ0) is 10.4. The zero-order valence-corrected chi connectivity index (χ0v) is 10.2. The van der Waals surface area contributed by atoms with E-state index in [1.165, 1.54) is 11.3 Å². The molecule has 0 aromatic carbocycles. The lowest BCUT2D eigenvalue weighted by Crippen LogP contribution is -2.15. The van der Waals surface area contributed by atoms with Crippen LogP contribution in [0, 0.1) is 0 Å². The van der Waals surface area contributed by atoms with E-state index in [4.69, 9.17) is 5.73 Å². The SMILES string of the molecule is CCCc1nnc(NC(=O)CCN)s1.Cl. The first-order valence-electron chi connectivity index (χ1n) is 4.58. The number of aryl methyl sites for hydroxylation is 1. The van der Waals surface area contributed by atoms with Gasteiger partial charge in [-0.25, -0.2) is 0 Å². The molecular weight excluding hydrogens is 236 g/mol. The van der Waals surface area contributed by atoms with Crippen molar-refractivity contribution in [3.8, 4) is 0 Å². The van der Waals surface area contributed by atoms with Gasteiger partial charge in [-0.05, 0) is 6.42 Å². The van der Waals surface area contributed by atoms with Gasteiger partial charge in [-0.2, -0.15) is 0 Å². The Morgan fingerprint density at radius 2 is 2.27 bits per heavy atom. The molecule has 0 aliphatic carbocycles. The zero-order valence-electron chi connectivity index (χ0n) is 8.52. The van der Waals surface area contributed by atoms with Crippen LogP contribution in [0.2, 0.25) is 0 Å². The standard InChI is InChI=1S/C8H14N4OS.ClH/c1-2-3-7-11-12-8(14-7)10-6(13)4-5-9;/h2-5,9H2,1H3,(H,10,12,13);1H. The minimum absolute atomic E-state index is 0. The Hall–Kier alpha value is -0.720. The molecule has 0 aliphatic rings. The molecule has 7 heteroatoms. The molecule has 1 heterocycles. The van der Waals surface area contributed by atoms with Crippen molar-refractivity contribution in [1.82, 2.24) is 10.2 Å². The van der Waals surface area contributed by atoms with Gasteiger partial charge in [0, 0.05) is 19.4 Å². The van der Waals surface area contributed by atoms with E-state index in [0.29, 0.717) is 18.1 Å². The molecule has 5 nitrogen and oxygen atoms in total. The fraction of sp³-hybridized carbons (Fsp3) is 0.625. The van der Waals surface area contributed by atoms with Gasteiger partial charge < -0.3 is 11.1 Å². The van der Waals surface area contributed by atoms with Gasteiger partial charge in [0.1, 0.15) is 5.01 Å². The maximum absolute atomic E-state index is 11.1. The van der Waals surface area contributed by atoms with E-state index < -0.39 is 0 Å². The molecule has 0 unspecified atom stereocenters. The van der Waals surface area contributed by atoms with Crippen molar-refractivity contribution in [3.05, 3.63) is 5.01 Å². The highest BCUT2D eigenvalue weighted by molar-refractivity contribution is 7.15. The van der Waals surface area contributed by atoms with Gasteiger partial charge in [-0.1, -0.05) is 18.3 Å². The number of carbonyl (C=O) groups excluding carboxylic acids is 1. The fourth-order valence-electron chi connectivity index (χ4n) is 0.932. The number of nitrogens with one attached hydrogen (secondary N) is 1. The highest BCUT2D eigenvalue weighted by Crippen LogP contribution is 2.16. The maximum Gasteiger partial charge on any atom is 0.227 e. The molecule has 0 saturated carbocycles. The third kappa shape index (κ3) is 5.06. The van der Waals surface area contributed by atoms with Crippen molar-refractivity contribution < 1.29 is 4.79 Å². The van der Waals surface area contributed by atoms with Crippen LogP contribution in [-0.4, -0.2) is 22.6 Å². The van der Waals surface area contributed by atoms with E-state index in [1.54, 1.807) is 0 Å². The Bertz CT molecular complexity index is 305. The van der Waals surface area contributed by atoms with Crippen LogP contribution in [0.15, 0.2) is 0 Å². The number of nitrogens with two attached hydrogens (primary N) is 1. The van der Waals surface area contributed by atoms with Gasteiger partial charge in [-0.15, -0.1) is 22.6 Å². The Labute approximate surface area is 98.9 Å². The summed E-state index contributed by atoms with van der Waals surface area (Å²) in [6.45, 7) is 2.43. The molecule has 0 bridgehead atoms. The number of amides is 1. The minimum atomic E-state index is -0.105. The lowest BCUT2D eigenvalue weighted by Gasteiger charge is -1.96. The molecule has 0 saturated heterocycles. The number of aromatic nitrogens is 2. The van der Waals surface area contributed by atoms with E-state index in [9.17, 15) is 4.79 Å². The van der Waals surface area contributed by atoms with Gasteiger partial charge in [0.15, 0.2) is 0 Å². The Morgan fingerprint density at radius 3 is 2.87 bits per heavy atom. The second kappa shape index (κ2) is 7.56. The van der Waals surface area contributed by atoms with Crippen LogP contribution >= 0.6 is 23.7 Å². The molecule has 1 rings (SSSR count). The van der Waals surface area contributed by atoms with Crippen molar-refractivity contribution in [2.45, 2.75) is 26.2 Å². The van der Waals surface area contributed by atoms with Crippen molar-refractivity contribution in [3.63, 3.8) is 0 Å². The van der Waals surface area contributed by atoms with Crippen molar-refractivity contribution in [2.24, 2.45) is 5.73 Å². The van der Waals surface area contributed by atoms with Crippen LogP contribution in [0.1, 0.15) is 24.8 Å². The van der Waals surface area contributed by atoms with Crippen LogP contribution in [0.3, 0.4) is 0 Å². The monoisotopic (exact) mass is 250 g/mol. The molecule has 0 radical (unpaired) electrons. The van der Waals surface area contributed by atoms with Crippen molar-refractivity contribution >= 4 is 34.8 Å². The maximum atomic E-state index is 11.1. The summed E-state index contributed by atoms with van der Waals surface area (Å²) in [7, 11) is 0. The first kappa shape index (κ1) is 14.3. The highest BCUT2D eigenvalue weighted by Gasteiger charge is 2.06. The topological polar surface area (TPSA) is 80.9 Å². The Kier molecular flexibility index (Phi) is 7.19. The quantitative estimate of drug-likeness (QED) is 0.823. The number of anilines is 1. The van der Waals surface area contributed by atoms with Gasteiger partial charge in [-0.3, -0.25) is 4.79 Å². The summed E-state index contributed by atoms with van der Waals surface area (Å²) < 4.78 is 0. The second-order valence-corrected chi connectivity index (χ2v) is 3.90. The van der Waals surface area contributed by atoms with Gasteiger partial charge in [0.05, 0.1) is 0 Å². The van der Waals surface area contributed by atoms with E-state index in [-0.39, 0.29) is 18.3 Å². The van der Waals surface area contributed by atoms with Crippen LogP contribution in [0.5, 0.6) is 0 Å². The molecule has 0 spiro atoms. The minimum Gasteiger partial charge on any atom is -0.330 e. The molecule has 1 amide bonds. The largest absolute Gasteiger partial charge is 0.330 e. The van der Waals surface area contributed by atoms with E-state index in [0.717, 1.165) is 17.8 Å².